The second kappa shape index (κ2) is 7.03. The summed E-state index contributed by atoms with van der Waals surface area (Å²) in [7, 11) is 1.61. The smallest absolute Gasteiger partial charge is 0.322 e. The number of halogens is 7. The predicted octanol–water partition coefficient (Wildman–Crippen LogP) is 5.20. The van der Waals surface area contributed by atoms with E-state index in [2.05, 4.69) is 10.4 Å². The third-order valence-corrected chi connectivity index (χ3v) is 4.92. The topological polar surface area (TPSA) is 46.9 Å². The van der Waals surface area contributed by atoms with Crippen molar-refractivity contribution in [1.29, 1.82) is 0 Å². The molecule has 0 radical (unpaired) electrons. The molecule has 1 amide bonds. The summed E-state index contributed by atoms with van der Waals surface area (Å²) in [4.78, 5) is 12.5. The first kappa shape index (κ1) is 22.7. The fraction of sp³-hybridized carbons (Fsp3) is 0.444. The van der Waals surface area contributed by atoms with E-state index in [0.29, 0.717) is 17.5 Å². The van der Waals surface area contributed by atoms with Crippen LogP contribution in [0, 0.1) is 27.7 Å². The van der Waals surface area contributed by atoms with Crippen LogP contribution < -0.4 is 5.32 Å². The van der Waals surface area contributed by atoms with Gasteiger partial charge >= 0.3 is 18.0 Å². The lowest BCUT2D eigenvalue weighted by Gasteiger charge is -2.32. The van der Waals surface area contributed by atoms with Gasteiger partial charge in [-0.25, -0.2) is 4.39 Å². The molecular formula is C18H18F7N3O. The van der Waals surface area contributed by atoms with Crippen molar-refractivity contribution in [2.45, 2.75) is 45.7 Å². The summed E-state index contributed by atoms with van der Waals surface area (Å²) in [6.07, 6.45) is -12.4. The molecule has 0 saturated heterocycles. The first-order valence-corrected chi connectivity index (χ1v) is 8.28. The van der Waals surface area contributed by atoms with Gasteiger partial charge in [0.2, 0.25) is 0 Å². The minimum Gasteiger partial charge on any atom is -0.322 e. The minimum atomic E-state index is -6.21. The van der Waals surface area contributed by atoms with Crippen LogP contribution in [0.25, 0.3) is 0 Å². The van der Waals surface area contributed by atoms with Gasteiger partial charge in [0.25, 0.3) is 5.91 Å². The Morgan fingerprint density at radius 1 is 0.931 bits per heavy atom. The fourth-order valence-corrected chi connectivity index (χ4v) is 3.08. The summed E-state index contributed by atoms with van der Waals surface area (Å²) in [5.41, 5.74) is -6.70. The molecule has 11 heteroatoms. The Morgan fingerprint density at radius 2 is 1.45 bits per heavy atom. The van der Waals surface area contributed by atoms with Gasteiger partial charge in [0, 0.05) is 24.0 Å². The standard InChI is InChI=1S/C18H18F7N3O/c1-8-9(2)13(26-15(29)14-10(3)27-28(5)11(14)4)7-6-12(8)16(19,17(20,21)22)18(23,24)25/h6-7H,1-5H3,(H,26,29). The highest BCUT2D eigenvalue weighted by atomic mass is 19.4. The monoisotopic (exact) mass is 425 g/mol. The summed E-state index contributed by atoms with van der Waals surface area (Å²) in [6.45, 7) is 5.34. The molecule has 0 atom stereocenters. The number of nitrogens with zero attached hydrogens (tertiary/aromatic N) is 2. The van der Waals surface area contributed by atoms with Gasteiger partial charge in [0.1, 0.15) is 0 Å². The molecule has 0 fully saturated rings. The summed E-state index contributed by atoms with van der Waals surface area (Å²) >= 11 is 0. The lowest BCUT2D eigenvalue weighted by Crippen LogP contribution is -2.50. The molecular weight excluding hydrogens is 407 g/mol. The van der Waals surface area contributed by atoms with Gasteiger partial charge in [-0.05, 0) is 44.9 Å². The first-order valence-electron chi connectivity index (χ1n) is 8.28. The van der Waals surface area contributed by atoms with Gasteiger partial charge in [-0.15, -0.1) is 0 Å². The number of alkyl halides is 7. The van der Waals surface area contributed by atoms with Crippen molar-refractivity contribution in [1.82, 2.24) is 9.78 Å². The average Bonchev–Trinajstić information content (AvgIpc) is 2.81. The zero-order chi connectivity index (χ0) is 22.5. The largest absolute Gasteiger partial charge is 0.435 e. The number of benzene rings is 1. The predicted molar refractivity (Wildman–Crippen MR) is 91.4 cm³/mol. The van der Waals surface area contributed by atoms with Crippen molar-refractivity contribution in [2.24, 2.45) is 7.05 Å². The summed E-state index contributed by atoms with van der Waals surface area (Å²) in [6, 6.07) is 1.21. The van der Waals surface area contributed by atoms with Crippen molar-refractivity contribution in [3.63, 3.8) is 0 Å². The Balaban J connectivity index is 2.53. The van der Waals surface area contributed by atoms with E-state index in [0.717, 1.165) is 13.0 Å². The second-order valence-corrected chi connectivity index (χ2v) is 6.69. The van der Waals surface area contributed by atoms with Crippen molar-refractivity contribution in [3.05, 3.63) is 45.8 Å². The molecule has 160 valence electrons. The van der Waals surface area contributed by atoms with E-state index in [9.17, 15) is 35.5 Å². The van der Waals surface area contributed by atoms with Crippen molar-refractivity contribution >= 4 is 11.6 Å². The maximum absolute atomic E-state index is 14.4. The quantitative estimate of drug-likeness (QED) is 0.688. The molecule has 1 N–H and O–H groups in total. The van der Waals surface area contributed by atoms with E-state index in [4.69, 9.17) is 0 Å². The van der Waals surface area contributed by atoms with Gasteiger partial charge in [-0.3, -0.25) is 9.48 Å². The van der Waals surface area contributed by atoms with Crippen LogP contribution in [0.5, 0.6) is 0 Å². The number of nitrogens with one attached hydrogen (secondary N) is 1. The summed E-state index contributed by atoms with van der Waals surface area (Å²) in [5.74, 6) is -0.637. The highest BCUT2D eigenvalue weighted by Gasteiger charge is 2.73. The van der Waals surface area contributed by atoms with Gasteiger partial charge in [0.15, 0.2) is 0 Å². The molecule has 0 spiro atoms. The lowest BCUT2D eigenvalue weighted by molar-refractivity contribution is -0.348. The van der Waals surface area contributed by atoms with Crippen LogP contribution in [-0.2, 0) is 12.7 Å². The van der Waals surface area contributed by atoms with Crippen LogP contribution in [0.15, 0.2) is 12.1 Å². The Morgan fingerprint density at radius 3 is 1.86 bits per heavy atom. The van der Waals surface area contributed by atoms with Crippen LogP contribution in [-0.4, -0.2) is 28.0 Å². The van der Waals surface area contributed by atoms with Crippen LogP contribution in [0.3, 0.4) is 0 Å². The number of anilines is 1. The molecule has 0 saturated carbocycles. The van der Waals surface area contributed by atoms with Crippen molar-refractivity contribution < 1.29 is 35.5 Å². The van der Waals surface area contributed by atoms with Crippen LogP contribution in [0.1, 0.15) is 38.4 Å². The zero-order valence-corrected chi connectivity index (χ0v) is 16.1. The first-order chi connectivity index (χ1) is 13.0. The second-order valence-electron chi connectivity index (χ2n) is 6.69. The SMILES string of the molecule is Cc1nn(C)c(C)c1C(=O)Nc1ccc(C(F)(C(F)(F)F)C(F)(F)F)c(C)c1C. The van der Waals surface area contributed by atoms with Gasteiger partial charge in [-0.2, -0.15) is 31.4 Å². The van der Waals surface area contributed by atoms with E-state index >= 15 is 0 Å². The lowest BCUT2D eigenvalue weighted by atomic mass is 9.87. The molecule has 2 aromatic rings. The van der Waals surface area contributed by atoms with E-state index in [1.165, 1.54) is 11.6 Å². The number of hydrogen-bond donors (Lipinski definition) is 1. The molecule has 1 heterocycles. The number of aryl methyl sites for hydroxylation is 2. The number of carbonyl (C=O) groups excluding carboxylic acids is 1. The maximum Gasteiger partial charge on any atom is 0.435 e. The van der Waals surface area contributed by atoms with E-state index in [-0.39, 0.29) is 16.8 Å². The highest BCUT2D eigenvalue weighted by Crippen LogP contribution is 2.54. The number of carbonyl (C=O) groups is 1. The van der Waals surface area contributed by atoms with Gasteiger partial charge in [0.05, 0.1) is 11.3 Å². The Labute approximate surface area is 161 Å². The van der Waals surface area contributed by atoms with E-state index in [1.54, 1.807) is 20.9 Å². The molecule has 0 aliphatic heterocycles. The molecule has 2 rings (SSSR count). The van der Waals surface area contributed by atoms with E-state index < -0.39 is 35.1 Å². The van der Waals surface area contributed by atoms with Gasteiger partial charge in [-0.1, -0.05) is 6.07 Å². The highest BCUT2D eigenvalue weighted by molar-refractivity contribution is 6.06. The number of rotatable bonds is 3. The van der Waals surface area contributed by atoms with Crippen molar-refractivity contribution in [3.8, 4) is 0 Å². The third-order valence-electron chi connectivity index (χ3n) is 4.92. The summed E-state index contributed by atoms with van der Waals surface area (Å²) < 4.78 is 94.1. The number of amides is 1. The normalized spacial score (nSPS) is 13.0. The van der Waals surface area contributed by atoms with Crippen LogP contribution >= 0.6 is 0 Å². The third kappa shape index (κ3) is 3.58. The Hall–Kier alpha value is -2.59. The molecule has 0 aliphatic carbocycles. The number of hydrogen-bond acceptors (Lipinski definition) is 2. The molecule has 0 aliphatic rings. The van der Waals surface area contributed by atoms with Crippen LogP contribution in [0.4, 0.5) is 36.4 Å². The Bertz CT molecular complexity index is 944. The van der Waals surface area contributed by atoms with E-state index in [1.807, 2.05) is 0 Å². The van der Waals surface area contributed by atoms with Crippen LogP contribution in [0.2, 0.25) is 0 Å². The molecule has 1 aromatic carbocycles. The molecule has 1 aromatic heterocycles. The number of aromatic nitrogens is 2. The molecule has 4 nitrogen and oxygen atoms in total. The maximum atomic E-state index is 14.4. The molecule has 29 heavy (non-hydrogen) atoms. The Kier molecular flexibility index (Phi) is 5.50. The average molecular weight is 425 g/mol. The molecule has 0 bridgehead atoms. The van der Waals surface area contributed by atoms with Gasteiger partial charge < -0.3 is 5.32 Å². The summed E-state index contributed by atoms with van der Waals surface area (Å²) in [5, 5.41) is 6.51. The van der Waals surface area contributed by atoms with Crippen molar-refractivity contribution in [2.75, 3.05) is 5.32 Å². The zero-order valence-electron chi connectivity index (χ0n) is 16.1. The minimum absolute atomic E-state index is 0.0365. The fourth-order valence-electron chi connectivity index (χ4n) is 3.08. The molecule has 0 unspecified atom stereocenters.